The lowest BCUT2D eigenvalue weighted by Crippen LogP contribution is -3.26. The third-order valence-electron chi connectivity index (χ3n) is 5.35. The zero-order valence-corrected chi connectivity index (χ0v) is 15.2. The van der Waals surface area contributed by atoms with Crippen LogP contribution in [0.5, 0.6) is 11.5 Å². The summed E-state index contributed by atoms with van der Waals surface area (Å²) >= 11 is 0. The monoisotopic (exact) mass is 370 g/mol. The largest absolute Gasteiger partial charge is 0.507 e. The summed E-state index contributed by atoms with van der Waals surface area (Å²) in [5, 5.41) is 10.4. The number of fused-ring (bicyclic) bond motifs is 1. The van der Waals surface area contributed by atoms with Crippen LogP contribution in [0.15, 0.2) is 42.2 Å². The number of allylic oxidation sites excluding steroid dienone is 1. The van der Waals surface area contributed by atoms with Crippen LogP contribution in [-0.2, 0) is 6.54 Å². The molecular formula is C21H23FN2O3+2. The summed E-state index contributed by atoms with van der Waals surface area (Å²) in [5.41, 5.74) is 1.36. The van der Waals surface area contributed by atoms with Crippen LogP contribution in [0.2, 0.25) is 0 Å². The molecule has 1 fully saturated rings. The molecule has 2 aliphatic rings. The van der Waals surface area contributed by atoms with Crippen molar-refractivity contribution in [2.75, 3.05) is 33.2 Å². The van der Waals surface area contributed by atoms with E-state index in [0.717, 1.165) is 26.2 Å². The summed E-state index contributed by atoms with van der Waals surface area (Å²) in [4.78, 5) is 15.6. The summed E-state index contributed by atoms with van der Waals surface area (Å²) in [6, 6.07) is 9.36. The average Bonchev–Trinajstić information content (AvgIpc) is 2.97. The van der Waals surface area contributed by atoms with Gasteiger partial charge in [-0.2, -0.15) is 0 Å². The van der Waals surface area contributed by atoms with E-state index in [1.54, 1.807) is 30.3 Å². The fourth-order valence-electron chi connectivity index (χ4n) is 3.66. The molecule has 0 spiro atoms. The van der Waals surface area contributed by atoms with E-state index < -0.39 is 5.82 Å². The molecule has 2 aromatic rings. The highest BCUT2D eigenvalue weighted by molar-refractivity contribution is 6.15. The average molecular weight is 370 g/mol. The smallest absolute Gasteiger partial charge is 0.231 e. The number of Topliss-reactive ketones (excluding diaryl/α,β-unsaturated/α-hetero) is 1. The predicted molar refractivity (Wildman–Crippen MR) is 98.5 cm³/mol. The number of carbonyl (C=O) groups is 1. The van der Waals surface area contributed by atoms with Gasteiger partial charge in [-0.05, 0) is 24.3 Å². The molecule has 140 valence electrons. The minimum absolute atomic E-state index is 0.0831. The van der Waals surface area contributed by atoms with E-state index in [4.69, 9.17) is 4.74 Å². The van der Waals surface area contributed by atoms with Gasteiger partial charge in [0.1, 0.15) is 44.3 Å². The first-order valence-electron chi connectivity index (χ1n) is 9.21. The highest BCUT2D eigenvalue weighted by Gasteiger charge is 2.33. The number of carbonyl (C=O) groups excluding carboxylic acids is 1. The van der Waals surface area contributed by atoms with Crippen molar-refractivity contribution in [2.45, 2.75) is 6.54 Å². The number of halogens is 1. The van der Waals surface area contributed by atoms with Gasteiger partial charge in [0.25, 0.3) is 0 Å². The van der Waals surface area contributed by atoms with Crippen molar-refractivity contribution in [3.63, 3.8) is 0 Å². The molecule has 0 radical (unpaired) electrons. The van der Waals surface area contributed by atoms with Gasteiger partial charge in [-0.3, -0.25) is 4.79 Å². The van der Waals surface area contributed by atoms with Crippen LogP contribution < -0.4 is 14.5 Å². The first-order chi connectivity index (χ1) is 13.0. The van der Waals surface area contributed by atoms with Crippen LogP contribution in [0.1, 0.15) is 21.5 Å². The van der Waals surface area contributed by atoms with Gasteiger partial charge in [0.05, 0.1) is 18.2 Å². The van der Waals surface area contributed by atoms with Crippen molar-refractivity contribution in [1.29, 1.82) is 0 Å². The first-order valence-corrected chi connectivity index (χ1v) is 9.21. The summed E-state index contributed by atoms with van der Waals surface area (Å²) in [5.74, 6) is -0.0780. The van der Waals surface area contributed by atoms with E-state index in [-0.39, 0.29) is 17.3 Å². The topological polar surface area (TPSA) is 55.4 Å². The van der Waals surface area contributed by atoms with Gasteiger partial charge in [-0.1, -0.05) is 18.2 Å². The molecule has 0 unspecified atom stereocenters. The number of quaternary nitrogens is 2. The lowest BCUT2D eigenvalue weighted by molar-refractivity contribution is -1.01. The van der Waals surface area contributed by atoms with Gasteiger partial charge in [0.2, 0.25) is 5.78 Å². The van der Waals surface area contributed by atoms with E-state index in [9.17, 15) is 14.3 Å². The highest BCUT2D eigenvalue weighted by Crippen LogP contribution is 2.39. The Morgan fingerprint density at radius 3 is 2.63 bits per heavy atom. The number of hydrogen-bond acceptors (Lipinski definition) is 3. The normalized spacial score (nSPS) is 23.3. The number of likely N-dealkylation sites (N-methyl/N-ethyl adjacent to an activating group) is 1. The second kappa shape index (κ2) is 7.13. The molecule has 4 rings (SSSR count). The Morgan fingerprint density at radius 2 is 1.89 bits per heavy atom. The number of ether oxygens (including phenoxy) is 1. The number of benzene rings is 2. The Hall–Kier alpha value is -2.70. The van der Waals surface area contributed by atoms with Crippen LogP contribution in [-0.4, -0.2) is 44.1 Å². The lowest BCUT2D eigenvalue weighted by atomic mass is 10.0. The van der Waals surface area contributed by atoms with Crippen molar-refractivity contribution in [1.82, 2.24) is 0 Å². The van der Waals surface area contributed by atoms with Crippen LogP contribution in [0.4, 0.5) is 4.39 Å². The van der Waals surface area contributed by atoms with Gasteiger partial charge >= 0.3 is 0 Å². The predicted octanol–water partition coefficient (Wildman–Crippen LogP) is 0.0607. The maximum atomic E-state index is 13.9. The molecule has 2 heterocycles. The number of rotatable bonds is 3. The molecule has 5 nitrogen and oxygen atoms in total. The first kappa shape index (κ1) is 17.7. The van der Waals surface area contributed by atoms with Crippen LogP contribution in [0.3, 0.4) is 0 Å². The third-order valence-corrected chi connectivity index (χ3v) is 5.35. The summed E-state index contributed by atoms with van der Waals surface area (Å²) in [6.45, 7) is 4.75. The number of ketones is 1. The zero-order chi connectivity index (χ0) is 19.0. The highest BCUT2D eigenvalue weighted by atomic mass is 19.1. The van der Waals surface area contributed by atoms with Crippen LogP contribution in [0, 0.1) is 5.82 Å². The summed E-state index contributed by atoms with van der Waals surface area (Å²) in [7, 11) is 2.18. The molecule has 0 aliphatic carbocycles. The molecule has 2 aromatic carbocycles. The number of piperazine rings is 1. The van der Waals surface area contributed by atoms with Crippen LogP contribution in [0.25, 0.3) is 6.08 Å². The van der Waals surface area contributed by atoms with Crippen molar-refractivity contribution >= 4 is 11.9 Å². The Bertz CT molecular complexity index is 918. The third kappa shape index (κ3) is 3.46. The van der Waals surface area contributed by atoms with Gasteiger partial charge in [-0.25, -0.2) is 4.39 Å². The Balaban J connectivity index is 1.64. The molecule has 3 N–H and O–H groups in total. The number of hydrogen-bond donors (Lipinski definition) is 3. The Labute approximate surface area is 157 Å². The lowest BCUT2D eigenvalue weighted by Gasteiger charge is -2.27. The summed E-state index contributed by atoms with van der Waals surface area (Å²) in [6.07, 6.45) is 1.42. The molecule has 27 heavy (non-hydrogen) atoms. The van der Waals surface area contributed by atoms with Crippen molar-refractivity contribution in [3.05, 3.63) is 64.7 Å². The fraction of sp³-hybridized carbons (Fsp3) is 0.286. The SMILES string of the molecule is C[NH+]1CC[NH+](Cc2c(O)ccc3c2OC(=Cc2ccccc2F)C3=O)CC1. The van der Waals surface area contributed by atoms with Crippen LogP contribution >= 0.6 is 0 Å². The molecule has 1 saturated heterocycles. The molecule has 6 heteroatoms. The molecule has 0 aromatic heterocycles. The number of phenolic OH excluding ortho intramolecular Hbond substituents is 1. The number of phenols is 1. The quantitative estimate of drug-likeness (QED) is 0.670. The zero-order valence-electron chi connectivity index (χ0n) is 15.2. The van der Waals surface area contributed by atoms with E-state index >= 15 is 0 Å². The maximum absolute atomic E-state index is 13.9. The molecular weight excluding hydrogens is 347 g/mol. The van der Waals surface area contributed by atoms with E-state index in [1.807, 2.05) is 0 Å². The second-order valence-electron chi connectivity index (χ2n) is 7.29. The fourth-order valence-corrected chi connectivity index (χ4v) is 3.66. The molecule has 2 aliphatic heterocycles. The minimum atomic E-state index is -0.412. The molecule has 0 bridgehead atoms. The number of nitrogens with one attached hydrogen (secondary N) is 2. The van der Waals surface area contributed by atoms with Crippen molar-refractivity contribution < 1.29 is 28.8 Å². The molecule has 0 atom stereocenters. The maximum Gasteiger partial charge on any atom is 0.231 e. The standard InChI is InChI=1S/C21H21FN2O3/c1-23-8-10-24(11-9-23)13-16-18(25)7-6-15-20(26)19(27-21(15)16)12-14-4-2-3-5-17(14)22/h2-7,12,25H,8-11,13H2,1H3/p+2. The van der Waals surface area contributed by atoms with Gasteiger partial charge in [0.15, 0.2) is 11.5 Å². The number of aromatic hydroxyl groups is 1. The van der Waals surface area contributed by atoms with E-state index in [2.05, 4.69) is 7.05 Å². The van der Waals surface area contributed by atoms with Gasteiger partial charge < -0.3 is 19.6 Å². The Morgan fingerprint density at radius 1 is 1.15 bits per heavy atom. The van der Waals surface area contributed by atoms with Crippen molar-refractivity contribution in [2.24, 2.45) is 0 Å². The second-order valence-corrected chi connectivity index (χ2v) is 7.29. The van der Waals surface area contributed by atoms with Gasteiger partial charge in [-0.15, -0.1) is 0 Å². The van der Waals surface area contributed by atoms with E-state index in [1.165, 1.54) is 21.9 Å². The Kier molecular flexibility index (Phi) is 4.68. The molecule has 0 amide bonds. The van der Waals surface area contributed by atoms with E-state index in [0.29, 0.717) is 29.0 Å². The summed E-state index contributed by atoms with van der Waals surface area (Å²) < 4.78 is 19.7. The van der Waals surface area contributed by atoms with Crippen molar-refractivity contribution in [3.8, 4) is 11.5 Å². The molecule has 0 saturated carbocycles. The minimum Gasteiger partial charge on any atom is -0.507 e. The van der Waals surface area contributed by atoms with Gasteiger partial charge in [0, 0.05) is 5.56 Å².